The predicted molar refractivity (Wildman–Crippen MR) is 80.6 cm³/mol. The van der Waals surface area contributed by atoms with Crippen LogP contribution in [0.15, 0.2) is 33.9 Å². The van der Waals surface area contributed by atoms with Gasteiger partial charge >= 0.3 is 0 Å². The number of nitrogens with one attached hydrogen (secondary N) is 1. The Hall–Kier alpha value is -2.02. The maximum Gasteiger partial charge on any atom is 0.277 e. The number of carbonyl (C=O) groups is 1. The zero-order valence-corrected chi connectivity index (χ0v) is 12.8. The molecule has 0 atom stereocenters. The molecule has 1 heterocycles. The first-order valence-electron chi connectivity index (χ1n) is 6.69. The Morgan fingerprint density at radius 1 is 1.29 bits per heavy atom. The monoisotopic (exact) mass is 307 g/mol. The van der Waals surface area contributed by atoms with Crippen LogP contribution in [0.3, 0.4) is 0 Å². The maximum absolute atomic E-state index is 11.8. The van der Waals surface area contributed by atoms with E-state index in [1.807, 2.05) is 26.0 Å². The van der Waals surface area contributed by atoms with E-state index in [0.29, 0.717) is 24.1 Å². The number of anilines is 1. The number of aryl methyl sites for hydroxylation is 1. The van der Waals surface area contributed by atoms with Crippen molar-refractivity contribution >= 4 is 23.4 Å². The molecule has 21 heavy (non-hydrogen) atoms. The fraction of sp³-hybridized carbons (Fsp3) is 0.357. The molecule has 0 saturated heterocycles. The zero-order chi connectivity index (χ0) is 15.1. The fourth-order valence-corrected chi connectivity index (χ4v) is 2.15. The third-order valence-electron chi connectivity index (χ3n) is 2.53. The van der Waals surface area contributed by atoms with Crippen molar-refractivity contribution in [1.29, 1.82) is 0 Å². The van der Waals surface area contributed by atoms with Crippen molar-refractivity contribution in [3.8, 4) is 5.75 Å². The third kappa shape index (κ3) is 4.78. The quantitative estimate of drug-likeness (QED) is 0.793. The average molecular weight is 307 g/mol. The Bertz CT molecular complexity index is 583. The molecule has 0 aliphatic heterocycles. The van der Waals surface area contributed by atoms with E-state index in [4.69, 9.17) is 9.15 Å². The normalized spacial score (nSPS) is 10.4. The van der Waals surface area contributed by atoms with E-state index in [2.05, 4.69) is 15.5 Å². The molecule has 7 heteroatoms. The minimum atomic E-state index is -0.125. The van der Waals surface area contributed by atoms with Crippen LogP contribution >= 0.6 is 11.8 Å². The van der Waals surface area contributed by atoms with Crippen LogP contribution in [0.25, 0.3) is 0 Å². The van der Waals surface area contributed by atoms with Gasteiger partial charge in [-0.3, -0.25) is 4.79 Å². The van der Waals surface area contributed by atoms with Gasteiger partial charge in [0.25, 0.3) is 5.22 Å². The van der Waals surface area contributed by atoms with Crippen LogP contribution in [-0.2, 0) is 11.2 Å². The number of thioether (sulfide) groups is 1. The number of ether oxygens (including phenoxy) is 1. The van der Waals surface area contributed by atoms with Gasteiger partial charge in [-0.1, -0.05) is 18.7 Å². The van der Waals surface area contributed by atoms with Crippen molar-refractivity contribution in [2.45, 2.75) is 25.5 Å². The molecule has 0 radical (unpaired) electrons. The lowest BCUT2D eigenvalue weighted by Crippen LogP contribution is -2.13. The molecule has 1 aromatic heterocycles. The Labute approximate surface area is 127 Å². The summed E-state index contributed by atoms with van der Waals surface area (Å²) in [6.07, 6.45) is 0.686. The van der Waals surface area contributed by atoms with Crippen molar-refractivity contribution in [3.63, 3.8) is 0 Å². The van der Waals surface area contributed by atoms with Crippen LogP contribution in [0.5, 0.6) is 5.75 Å². The Balaban J connectivity index is 1.81. The number of amides is 1. The standard InChI is InChI=1S/C14H17N3O3S/c1-3-13-16-17-14(20-13)21-9-12(18)15-10-5-7-11(8-6-10)19-4-2/h5-8H,3-4,9H2,1-2H3,(H,15,18). The van der Waals surface area contributed by atoms with Crippen molar-refractivity contribution in [2.24, 2.45) is 0 Å². The summed E-state index contributed by atoms with van der Waals surface area (Å²) in [4.78, 5) is 11.8. The first kappa shape index (κ1) is 15.4. The summed E-state index contributed by atoms with van der Waals surface area (Å²) < 4.78 is 10.7. The lowest BCUT2D eigenvalue weighted by molar-refractivity contribution is -0.113. The van der Waals surface area contributed by atoms with Gasteiger partial charge in [-0.2, -0.15) is 0 Å². The second-order valence-electron chi connectivity index (χ2n) is 4.11. The Morgan fingerprint density at radius 2 is 2.05 bits per heavy atom. The summed E-state index contributed by atoms with van der Waals surface area (Å²) in [5, 5.41) is 10.9. The Morgan fingerprint density at radius 3 is 2.67 bits per heavy atom. The molecule has 1 N–H and O–H groups in total. The van der Waals surface area contributed by atoms with Gasteiger partial charge in [0.05, 0.1) is 12.4 Å². The predicted octanol–water partition coefficient (Wildman–Crippen LogP) is 2.76. The lowest BCUT2D eigenvalue weighted by Gasteiger charge is -2.06. The van der Waals surface area contributed by atoms with Gasteiger partial charge in [0.2, 0.25) is 11.8 Å². The van der Waals surface area contributed by atoms with Crippen LogP contribution in [0.2, 0.25) is 0 Å². The van der Waals surface area contributed by atoms with E-state index in [1.54, 1.807) is 12.1 Å². The number of benzene rings is 1. The first-order valence-corrected chi connectivity index (χ1v) is 7.67. The minimum absolute atomic E-state index is 0.125. The average Bonchev–Trinajstić information content (AvgIpc) is 2.96. The maximum atomic E-state index is 11.8. The molecule has 0 spiro atoms. The summed E-state index contributed by atoms with van der Waals surface area (Å²) >= 11 is 1.22. The molecule has 6 nitrogen and oxygen atoms in total. The molecule has 2 aromatic rings. The highest BCUT2D eigenvalue weighted by Gasteiger charge is 2.09. The van der Waals surface area contributed by atoms with E-state index in [1.165, 1.54) is 11.8 Å². The number of hydrogen-bond donors (Lipinski definition) is 1. The topological polar surface area (TPSA) is 77.2 Å². The summed E-state index contributed by atoms with van der Waals surface area (Å²) in [6, 6.07) is 7.24. The minimum Gasteiger partial charge on any atom is -0.494 e. The van der Waals surface area contributed by atoms with Crippen LogP contribution in [-0.4, -0.2) is 28.5 Å². The highest BCUT2D eigenvalue weighted by molar-refractivity contribution is 7.99. The number of hydrogen-bond acceptors (Lipinski definition) is 6. The van der Waals surface area contributed by atoms with Gasteiger partial charge in [0.1, 0.15) is 5.75 Å². The van der Waals surface area contributed by atoms with Gasteiger partial charge in [0, 0.05) is 12.1 Å². The molecule has 0 aliphatic rings. The van der Waals surface area contributed by atoms with E-state index in [9.17, 15) is 4.79 Å². The van der Waals surface area contributed by atoms with Crippen LogP contribution in [0, 0.1) is 0 Å². The van der Waals surface area contributed by atoms with Crippen LogP contribution in [0.1, 0.15) is 19.7 Å². The van der Waals surface area contributed by atoms with Crippen LogP contribution in [0.4, 0.5) is 5.69 Å². The van der Waals surface area contributed by atoms with E-state index >= 15 is 0 Å². The number of nitrogens with zero attached hydrogens (tertiary/aromatic N) is 2. The molecule has 0 aliphatic carbocycles. The van der Waals surface area contributed by atoms with E-state index < -0.39 is 0 Å². The van der Waals surface area contributed by atoms with E-state index in [-0.39, 0.29) is 11.7 Å². The SMILES string of the molecule is CCOc1ccc(NC(=O)CSc2nnc(CC)o2)cc1. The van der Waals surface area contributed by atoms with Crippen LogP contribution < -0.4 is 10.1 Å². The number of aromatic nitrogens is 2. The molecular formula is C14H17N3O3S. The highest BCUT2D eigenvalue weighted by Crippen LogP contribution is 2.18. The van der Waals surface area contributed by atoms with Crippen molar-refractivity contribution in [2.75, 3.05) is 17.7 Å². The summed E-state index contributed by atoms with van der Waals surface area (Å²) in [5.74, 6) is 1.45. The second-order valence-corrected chi connectivity index (χ2v) is 5.04. The van der Waals surface area contributed by atoms with Gasteiger partial charge in [0.15, 0.2) is 0 Å². The molecule has 112 valence electrons. The summed E-state index contributed by atoms with van der Waals surface area (Å²) in [5.41, 5.74) is 0.726. The third-order valence-corrected chi connectivity index (χ3v) is 3.35. The van der Waals surface area contributed by atoms with Crippen molar-refractivity contribution in [3.05, 3.63) is 30.2 Å². The number of rotatable bonds is 7. The molecular weight excluding hydrogens is 290 g/mol. The van der Waals surface area contributed by atoms with Gasteiger partial charge < -0.3 is 14.5 Å². The molecule has 1 amide bonds. The summed E-state index contributed by atoms with van der Waals surface area (Å²) in [6.45, 7) is 4.47. The van der Waals surface area contributed by atoms with Crippen molar-refractivity contribution in [1.82, 2.24) is 10.2 Å². The fourth-order valence-electron chi connectivity index (χ4n) is 1.56. The molecule has 0 saturated carbocycles. The lowest BCUT2D eigenvalue weighted by atomic mass is 10.3. The molecule has 2 rings (SSSR count). The molecule has 0 bridgehead atoms. The van der Waals surface area contributed by atoms with Crippen molar-refractivity contribution < 1.29 is 13.9 Å². The second kappa shape index (κ2) is 7.68. The first-order chi connectivity index (χ1) is 10.2. The molecule has 0 unspecified atom stereocenters. The van der Waals surface area contributed by atoms with E-state index in [0.717, 1.165) is 11.4 Å². The van der Waals surface area contributed by atoms with Gasteiger partial charge in [-0.15, -0.1) is 10.2 Å². The van der Waals surface area contributed by atoms with Gasteiger partial charge in [-0.05, 0) is 31.2 Å². The Kier molecular flexibility index (Phi) is 5.62. The molecule has 1 aromatic carbocycles. The molecule has 0 fully saturated rings. The number of carbonyl (C=O) groups excluding carboxylic acids is 1. The summed E-state index contributed by atoms with van der Waals surface area (Å²) in [7, 11) is 0. The van der Waals surface area contributed by atoms with Gasteiger partial charge in [-0.25, -0.2) is 0 Å². The largest absolute Gasteiger partial charge is 0.494 e. The highest BCUT2D eigenvalue weighted by atomic mass is 32.2. The smallest absolute Gasteiger partial charge is 0.277 e. The zero-order valence-electron chi connectivity index (χ0n) is 12.0.